The highest BCUT2D eigenvalue weighted by Gasteiger charge is 2.00. The second-order valence-electron chi connectivity index (χ2n) is 4.51. The third-order valence-corrected chi connectivity index (χ3v) is 2.85. The number of carbonyl (C=O) groups is 1. The molecule has 2 rings (SSSR count). The molecule has 0 radical (unpaired) electrons. The molecule has 2 aromatic carbocycles. The molecule has 21 heavy (non-hydrogen) atoms. The summed E-state index contributed by atoms with van der Waals surface area (Å²) >= 11 is 0. The lowest BCUT2D eigenvalue weighted by atomic mass is 10.2. The van der Waals surface area contributed by atoms with Gasteiger partial charge < -0.3 is 20.9 Å². The first-order valence-electron chi connectivity index (χ1n) is 6.66. The average molecular weight is 286 g/mol. The summed E-state index contributed by atoms with van der Waals surface area (Å²) in [6.45, 7) is 1.09. The van der Waals surface area contributed by atoms with E-state index in [9.17, 15) is 4.79 Å². The molecule has 0 aliphatic rings. The molecule has 1 amide bonds. The summed E-state index contributed by atoms with van der Waals surface area (Å²) in [5.41, 5.74) is 11.9. The minimum Gasteiger partial charge on any atom is -0.493 e. The van der Waals surface area contributed by atoms with Crippen LogP contribution in [0.3, 0.4) is 0 Å². The Labute approximate surface area is 123 Å². The van der Waals surface area contributed by atoms with Gasteiger partial charge in [-0.15, -0.1) is 0 Å². The third-order valence-electron chi connectivity index (χ3n) is 2.85. The van der Waals surface area contributed by atoms with Crippen LogP contribution in [0.25, 0.3) is 0 Å². The van der Waals surface area contributed by atoms with Gasteiger partial charge in [-0.2, -0.15) is 0 Å². The van der Waals surface area contributed by atoms with Crippen LogP contribution in [0.15, 0.2) is 48.5 Å². The van der Waals surface area contributed by atoms with Gasteiger partial charge in [0.05, 0.1) is 13.2 Å². The van der Waals surface area contributed by atoms with Crippen molar-refractivity contribution in [2.75, 3.05) is 18.9 Å². The maximum atomic E-state index is 10.9. The van der Waals surface area contributed by atoms with Gasteiger partial charge in [0.2, 0.25) is 5.91 Å². The molecule has 0 bridgehead atoms. The SMILES string of the molecule is NC(=O)c1ccc(OCCCOc2ccc(N)cc2)cc1. The topological polar surface area (TPSA) is 87.6 Å². The van der Waals surface area contributed by atoms with E-state index < -0.39 is 5.91 Å². The highest BCUT2D eigenvalue weighted by Crippen LogP contribution is 2.14. The molecule has 5 heteroatoms. The Morgan fingerprint density at radius 1 is 0.857 bits per heavy atom. The van der Waals surface area contributed by atoms with Crippen LogP contribution < -0.4 is 20.9 Å². The van der Waals surface area contributed by atoms with Crippen molar-refractivity contribution < 1.29 is 14.3 Å². The monoisotopic (exact) mass is 286 g/mol. The summed E-state index contributed by atoms with van der Waals surface area (Å²) < 4.78 is 11.1. The highest BCUT2D eigenvalue weighted by atomic mass is 16.5. The number of benzene rings is 2. The van der Waals surface area contributed by atoms with Gasteiger partial charge in [0.15, 0.2) is 0 Å². The normalized spacial score (nSPS) is 10.1. The zero-order valence-electron chi connectivity index (χ0n) is 11.6. The fourth-order valence-electron chi connectivity index (χ4n) is 1.72. The van der Waals surface area contributed by atoms with E-state index in [1.807, 2.05) is 12.1 Å². The molecule has 0 aromatic heterocycles. The molecular formula is C16H18N2O3. The van der Waals surface area contributed by atoms with E-state index in [0.717, 1.165) is 12.2 Å². The van der Waals surface area contributed by atoms with Crippen molar-refractivity contribution in [3.05, 3.63) is 54.1 Å². The molecule has 0 aliphatic heterocycles. The van der Waals surface area contributed by atoms with Crippen LogP contribution in [-0.4, -0.2) is 19.1 Å². The lowest BCUT2D eigenvalue weighted by molar-refractivity contribution is 0.100. The van der Waals surface area contributed by atoms with Gasteiger partial charge in [-0.1, -0.05) is 0 Å². The van der Waals surface area contributed by atoms with E-state index in [1.54, 1.807) is 36.4 Å². The summed E-state index contributed by atoms with van der Waals surface area (Å²) in [5, 5.41) is 0. The first-order valence-corrected chi connectivity index (χ1v) is 6.66. The van der Waals surface area contributed by atoms with Crippen molar-refractivity contribution in [3.8, 4) is 11.5 Å². The summed E-state index contributed by atoms with van der Waals surface area (Å²) in [6.07, 6.45) is 0.752. The molecule has 0 saturated carbocycles. The Balaban J connectivity index is 1.67. The Morgan fingerprint density at radius 3 is 1.81 bits per heavy atom. The Bertz CT molecular complexity index is 579. The van der Waals surface area contributed by atoms with E-state index in [2.05, 4.69) is 0 Å². The van der Waals surface area contributed by atoms with Crippen molar-refractivity contribution >= 4 is 11.6 Å². The molecule has 0 spiro atoms. The van der Waals surface area contributed by atoms with Gasteiger partial charge in [-0.05, 0) is 48.5 Å². The maximum absolute atomic E-state index is 10.9. The lowest BCUT2D eigenvalue weighted by Gasteiger charge is -2.08. The zero-order valence-corrected chi connectivity index (χ0v) is 11.6. The lowest BCUT2D eigenvalue weighted by Crippen LogP contribution is -2.10. The van der Waals surface area contributed by atoms with Crippen LogP contribution in [0.2, 0.25) is 0 Å². The van der Waals surface area contributed by atoms with Crippen molar-refractivity contribution in [1.82, 2.24) is 0 Å². The van der Waals surface area contributed by atoms with Crippen molar-refractivity contribution in [3.63, 3.8) is 0 Å². The predicted octanol–water partition coefficient (Wildman–Crippen LogP) is 2.22. The summed E-state index contributed by atoms with van der Waals surface area (Å²) in [4.78, 5) is 10.9. The number of hydrogen-bond acceptors (Lipinski definition) is 4. The summed E-state index contributed by atoms with van der Waals surface area (Å²) in [5.74, 6) is 1.04. The van der Waals surface area contributed by atoms with E-state index >= 15 is 0 Å². The Kier molecular flexibility index (Phi) is 5.04. The molecule has 4 N–H and O–H groups in total. The quantitative estimate of drug-likeness (QED) is 0.603. The number of hydrogen-bond donors (Lipinski definition) is 2. The number of amides is 1. The van der Waals surface area contributed by atoms with Crippen LogP contribution in [0.5, 0.6) is 11.5 Å². The molecule has 110 valence electrons. The highest BCUT2D eigenvalue weighted by molar-refractivity contribution is 5.92. The van der Waals surface area contributed by atoms with Gasteiger partial charge in [0.25, 0.3) is 0 Å². The van der Waals surface area contributed by atoms with Gasteiger partial charge in [0.1, 0.15) is 11.5 Å². The molecule has 0 atom stereocenters. The molecule has 0 unspecified atom stereocenters. The van der Waals surface area contributed by atoms with E-state index in [0.29, 0.717) is 30.2 Å². The second kappa shape index (κ2) is 7.19. The molecule has 0 saturated heterocycles. The van der Waals surface area contributed by atoms with Crippen LogP contribution in [0.1, 0.15) is 16.8 Å². The number of carbonyl (C=O) groups excluding carboxylic acids is 1. The number of anilines is 1. The minimum absolute atomic E-state index is 0.446. The molecular weight excluding hydrogens is 268 g/mol. The number of rotatable bonds is 7. The Morgan fingerprint density at radius 2 is 1.33 bits per heavy atom. The molecule has 2 aromatic rings. The zero-order chi connectivity index (χ0) is 15.1. The first kappa shape index (κ1) is 14.7. The van der Waals surface area contributed by atoms with Crippen molar-refractivity contribution in [2.24, 2.45) is 5.73 Å². The number of nitrogens with two attached hydrogens (primary N) is 2. The van der Waals surface area contributed by atoms with Gasteiger partial charge in [0, 0.05) is 17.7 Å². The Hall–Kier alpha value is -2.69. The number of ether oxygens (including phenoxy) is 2. The van der Waals surface area contributed by atoms with Crippen LogP contribution in [-0.2, 0) is 0 Å². The summed E-state index contributed by atoms with van der Waals surface area (Å²) in [6, 6.07) is 14.0. The van der Waals surface area contributed by atoms with Gasteiger partial charge in [-0.3, -0.25) is 4.79 Å². The predicted molar refractivity (Wildman–Crippen MR) is 81.4 cm³/mol. The molecule has 0 aliphatic carbocycles. The van der Waals surface area contributed by atoms with E-state index in [4.69, 9.17) is 20.9 Å². The number of primary amides is 1. The van der Waals surface area contributed by atoms with Crippen molar-refractivity contribution in [2.45, 2.75) is 6.42 Å². The molecule has 0 fully saturated rings. The van der Waals surface area contributed by atoms with Crippen LogP contribution >= 0.6 is 0 Å². The van der Waals surface area contributed by atoms with Gasteiger partial charge >= 0.3 is 0 Å². The van der Waals surface area contributed by atoms with Crippen LogP contribution in [0, 0.1) is 0 Å². The largest absolute Gasteiger partial charge is 0.493 e. The van der Waals surface area contributed by atoms with E-state index in [1.165, 1.54) is 0 Å². The third kappa shape index (κ3) is 4.72. The number of nitrogen functional groups attached to an aromatic ring is 1. The van der Waals surface area contributed by atoms with Crippen molar-refractivity contribution in [1.29, 1.82) is 0 Å². The molecule has 0 heterocycles. The molecule has 5 nitrogen and oxygen atoms in total. The fraction of sp³-hybridized carbons (Fsp3) is 0.188. The standard InChI is InChI=1S/C16H18N2O3/c17-13-4-8-15(9-5-13)21-11-1-10-20-14-6-2-12(3-7-14)16(18)19/h2-9H,1,10-11,17H2,(H2,18,19). The smallest absolute Gasteiger partial charge is 0.248 e. The van der Waals surface area contributed by atoms with Gasteiger partial charge in [-0.25, -0.2) is 0 Å². The summed E-state index contributed by atoms with van der Waals surface area (Å²) in [7, 11) is 0. The maximum Gasteiger partial charge on any atom is 0.248 e. The average Bonchev–Trinajstić information content (AvgIpc) is 2.49. The fourth-order valence-corrected chi connectivity index (χ4v) is 1.72. The minimum atomic E-state index is -0.446. The van der Waals surface area contributed by atoms with E-state index in [-0.39, 0.29) is 0 Å². The first-order chi connectivity index (χ1) is 10.1. The van der Waals surface area contributed by atoms with Crippen LogP contribution in [0.4, 0.5) is 5.69 Å². The second-order valence-corrected chi connectivity index (χ2v) is 4.51.